The highest BCUT2D eigenvalue weighted by molar-refractivity contribution is 7.10. The SMILES string of the molecule is CC1C(O)CCCN1c1cc(N)ns1. The highest BCUT2D eigenvalue weighted by Crippen LogP contribution is 2.29. The second-order valence-corrected chi connectivity index (χ2v) is 4.52. The number of aromatic nitrogens is 1. The fourth-order valence-electron chi connectivity index (χ4n) is 1.85. The molecule has 1 aliphatic rings. The molecule has 0 aromatic carbocycles. The molecule has 0 aliphatic carbocycles. The molecule has 0 saturated carbocycles. The van der Waals surface area contributed by atoms with Crippen LogP contribution in [0.1, 0.15) is 19.8 Å². The van der Waals surface area contributed by atoms with Gasteiger partial charge in [0.15, 0.2) is 0 Å². The molecule has 14 heavy (non-hydrogen) atoms. The minimum Gasteiger partial charge on any atom is -0.391 e. The van der Waals surface area contributed by atoms with E-state index in [-0.39, 0.29) is 12.1 Å². The minimum atomic E-state index is -0.230. The van der Waals surface area contributed by atoms with Gasteiger partial charge in [0.1, 0.15) is 10.8 Å². The predicted molar refractivity (Wildman–Crippen MR) is 58.6 cm³/mol. The first-order valence-electron chi connectivity index (χ1n) is 4.85. The fraction of sp³-hybridized carbons (Fsp3) is 0.667. The molecule has 3 N–H and O–H groups in total. The number of nitrogens with two attached hydrogens (primary N) is 1. The molecule has 1 aromatic rings. The lowest BCUT2D eigenvalue weighted by atomic mass is 10.0. The number of hydrogen-bond acceptors (Lipinski definition) is 5. The number of hydrogen-bond donors (Lipinski definition) is 2. The standard InChI is InChI=1S/C9H15N3OS/c1-6-7(13)3-2-4-12(6)9-5-8(10)11-14-9/h5-7,13H,2-4H2,1H3,(H2,10,11). The first-order chi connectivity index (χ1) is 6.68. The van der Waals surface area contributed by atoms with Crippen molar-refractivity contribution in [2.75, 3.05) is 17.2 Å². The molecular formula is C9H15N3OS. The summed E-state index contributed by atoms with van der Waals surface area (Å²) in [4.78, 5) is 2.18. The second-order valence-electron chi connectivity index (χ2n) is 3.73. The average molecular weight is 213 g/mol. The van der Waals surface area contributed by atoms with Crippen LogP contribution in [0.4, 0.5) is 10.8 Å². The van der Waals surface area contributed by atoms with Gasteiger partial charge in [-0.25, -0.2) is 0 Å². The molecule has 2 unspecified atom stereocenters. The number of nitrogens with zero attached hydrogens (tertiary/aromatic N) is 2. The lowest BCUT2D eigenvalue weighted by Crippen LogP contribution is -2.46. The molecule has 0 bridgehead atoms. The summed E-state index contributed by atoms with van der Waals surface area (Å²) in [6.45, 7) is 3.03. The van der Waals surface area contributed by atoms with Gasteiger partial charge in [0.2, 0.25) is 0 Å². The summed E-state index contributed by atoms with van der Waals surface area (Å²) in [7, 11) is 0. The smallest absolute Gasteiger partial charge is 0.139 e. The number of aliphatic hydroxyl groups excluding tert-OH is 1. The summed E-state index contributed by atoms with van der Waals surface area (Å²) in [6, 6.07) is 2.04. The van der Waals surface area contributed by atoms with Gasteiger partial charge < -0.3 is 15.7 Å². The summed E-state index contributed by atoms with van der Waals surface area (Å²) in [5, 5.41) is 10.8. The molecule has 78 valence electrons. The van der Waals surface area contributed by atoms with Crippen molar-refractivity contribution in [1.82, 2.24) is 4.37 Å². The Balaban J connectivity index is 2.17. The first kappa shape index (κ1) is 9.73. The van der Waals surface area contributed by atoms with E-state index in [0.717, 1.165) is 24.4 Å². The van der Waals surface area contributed by atoms with Crippen molar-refractivity contribution in [2.45, 2.75) is 31.9 Å². The van der Waals surface area contributed by atoms with Gasteiger partial charge >= 0.3 is 0 Å². The Hall–Kier alpha value is -0.810. The van der Waals surface area contributed by atoms with E-state index >= 15 is 0 Å². The van der Waals surface area contributed by atoms with Crippen LogP contribution >= 0.6 is 11.5 Å². The molecule has 0 spiro atoms. The van der Waals surface area contributed by atoms with Crippen LogP contribution < -0.4 is 10.6 Å². The molecular weight excluding hydrogens is 198 g/mol. The minimum absolute atomic E-state index is 0.170. The molecule has 4 nitrogen and oxygen atoms in total. The number of aliphatic hydroxyl groups is 1. The van der Waals surface area contributed by atoms with Crippen molar-refractivity contribution in [1.29, 1.82) is 0 Å². The quantitative estimate of drug-likeness (QED) is 0.732. The maximum atomic E-state index is 9.73. The Morgan fingerprint density at radius 1 is 1.71 bits per heavy atom. The molecule has 2 atom stereocenters. The van der Waals surface area contributed by atoms with E-state index in [9.17, 15) is 5.11 Å². The molecule has 2 rings (SSSR count). The van der Waals surface area contributed by atoms with Crippen molar-refractivity contribution in [2.24, 2.45) is 0 Å². The Morgan fingerprint density at radius 2 is 2.50 bits per heavy atom. The van der Waals surface area contributed by atoms with Gasteiger partial charge in [-0.05, 0) is 31.3 Å². The Bertz CT molecular complexity index is 315. The zero-order chi connectivity index (χ0) is 10.1. The van der Waals surface area contributed by atoms with Gasteiger partial charge in [-0.1, -0.05) is 0 Å². The van der Waals surface area contributed by atoms with Crippen LogP contribution in [0.25, 0.3) is 0 Å². The van der Waals surface area contributed by atoms with Crippen molar-refractivity contribution >= 4 is 22.4 Å². The highest BCUT2D eigenvalue weighted by Gasteiger charge is 2.27. The Labute approximate surface area is 87.5 Å². The van der Waals surface area contributed by atoms with E-state index in [0.29, 0.717) is 5.82 Å². The van der Waals surface area contributed by atoms with Crippen LogP contribution in [0.3, 0.4) is 0 Å². The van der Waals surface area contributed by atoms with E-state index in [1.165, 1.54) is 11.5 Å². The van der Waals surface area contributed by atoms with E-state index in [1.54, 1.807) is 0 Å². The lowest BCUT2D eigenvalue weighted by Gasteiger charge is -2.37. The zero-order valence-electron chi connectivity index (χ0n) is 8.18. The first-order valence-corrected chi connectivity index (χ1v) is 5.62. The van der Waals surface area contributed by atoms with Gasteiger partial charge in [-0.2, -0.15) is 4.37 Å². The second kappa shape index (κ2) is 3.74. The highest BCUT2D eigenvalue weighted by atomic mass is 32.1. The maximum absolute atomic E-state index is 9.73. The normalized spacial score (nSPS) is 28.0. The Morgan fingerprint density at radius 3 is 3.14 bits per heavy atom. The number of anilines is 2. The van der Waals surface area contributed by atoms with Crippen LogP contribution in [-0.4, -0.2) is 28.2 Å². The van der Waals surface area contributed by atoms with Crippen LogP contribution in [0.5, 0.6) is 0 Å². The van der Waals surface area contributed by atoms with Crippen molar-refractivity contribution < 1.29 is 5.11 Å². The molecule has 2 heterocycles. The molecule has 1 saturated heterocycles. The van der Waals surface area contributed by atoms with Crippen LogP contribution in [0, 0.1) is 0 Å². The predicted octanol–water partition coefficient (Wildman–Crippen LogP) is 1.07. The lowest BCUT2D eigenvalue weighted by molar-refractivity contribution is 0.120. The molecule has 1 aromatic heterocycles. The summed E-state index contributed by atoms with van der Waals surface area (Å²) < 4.78 is 4.05. The average Bonchev–Trinajstić information content (AvgIpc) is 2.57. The third-order valence-corrected chi connectivity index (χ3v) is 3.59. The molecule has 1 aliphatic heterocycles. The van der Waals surface area contributed by atoms with Gasteiger partial charge in [-0.3, -0.25) is 0 Å². The number of piperidine rings is 1. The summed E-state index contributed by atoms with van der Waals surface area (Å²) in [6.07, 6.45) is 1.70. The zero-order valence-corrected chi connectivity index (χ0v) is 9.00. The third kappa shape index (κ3) is 1.69. The van der Waals surface area contributed by atoms with Gasteiger partial charge in [0, 0.05) is 12.6 Å². The molecule has 1 fully saturated rings. The van der Waals surface area contributed by atoms with Crippen molar-refractivity contribution in [3.05, 3.63) is 6.07 Å². The van der Waals surface area contributed by atoms with E-state index in [4.69, 9.17) is 5.73 Å². The number of rotatable bonds is 1. The molecule has 0 radical (unpaired) electrons. The van der Waals surface area contributed by atoms with Crippen LogP contribution in [0.2, 0.25) is 0 Å². The van der Waals surface area contributed by atoms with Gasteiger partial charge in [-0.15, -0.1) is 0 Å². The maximum Gasteiger partial charge on any atom is 0.139 e. The van der Waals surface area contributed by atoms with Gasteiger partial charge in [0.25, 0.3) is 0 Å². The van der Waals surface area contributed by atoms with Gasteiger partial charge in [0.05, 0.1) is 12.1 Å². The van der Waals surface area contributed by atoms with E-state index in [1.807, 2.05) is 13.0 Å². The Kier molecular flexibility index (Phi) is 2.60. The van der Waals surface area contributed by atoms with Crippen molar-refractivity contribution in [3.63, 3.8) is 0 Å². The third-order valence-electron chi connectivity index (χ3n) is 2.75. The van der Waals surface area contributed by atoms with E-state index in [2.05, 4.69) is 9.27 Å². The topological polar surface area (TPSA) is 62.4 Å². The summed E-state index contributed by atoms with van der Waals surface area (Å²) in [5.41, 5.74) is 5.58. The van der Waals surface area contributed by atoms with Crippen LogP contribution in [0.15, 0.2) is 6.07 Å². The molecule has 5 heteroatoms. The summed E-state index contributed by atoms with van der Waals surface area (Å²) in [5.74, 6) is 0.567. The number of nitrogen functional groups attached to an aromatic ring is 1. The van der Waals surface area contributed by atoms with Crippen LogP contribution in [-0.2, 0) is 0 Å². The van der Waals surface area contributed by atoms with E-state index < -0.39 is 0 Å². The molecule has 0 amide bonds. The van der Waals surface area contributed by atoms with Crippen molar-refractivity contribution in [3.8, 4) is 0 Å². The fourth-order valence-corrected chi connectivity index (χ4v) is 2.64. The summed E-state index contributed by atoms with van der Waals surface area (Å²) >= 11 is 1.40. The monoisotopic (exact) mass is 213 g/mol. The largest absolute Gasteiger partial charge is 0.391 e.